The van der Waals surface area contributed by atoms with E-state index in [2.05, 4.69) is 36.2 Å². The third-order valence-electron chi connectivity index (χ3n) is 4.68. The van der Waals surface area contributed by atoms with Crippen molar-refractivity contribution in [1.82, 2.24) is 15.1 Å². The van der Waals surface area contributed by atoms with Crippen LogP contribution in [-0.4, -0.2) is 48.3 Å². The molecule has 1 saturated heterocycles. The molecule has 1 heterocycles. The Morgan fingerprint density at radius 3 is 2.50 bits per heavy atom. The molecule has 132 valence electrons. The quantitative estimate of drug-likeness (QED) is 0.831. The van der Waals surface area contributed by atoms with Crippen molar-refractivity contribution in [3.63, 3.8) is 0 Å². The minimum atomic E-state index is -0.362. The monoisotopic (exact) mass is 331 g/mol. The Bertz CT molecular complexity index is 582. The first-order valence-corrected chi connectivity index (χ1v) is 8.76. The van der Waals surface area contributed by atoms with E-state index in [1.165, 1.54) is 5.56 Å². The zero-order chi connectivity index (χ0) is 17.7. The van der Waals surface area contributed by atoms with Gasteiger partial charge in [-0.1, -0.05) is 51.0 Å². The van der Waals surface area contributed by atoms with E-state index in [-0.39, 0.29) is 30.3 Å². The zero-order valence-electron chi connectivity index (χ0n) is 15.2. The van der Waals surface area contributed by atoms with Gasteiger partial charge in [-0.25, -0.2) is 0 Å². The van der Waals surface area contributed by atoms with Gasteiger partial charge in [-0.2, -0.15) is 0 Å². The van der Waals surface area contributed by atoms with E-state index in [0.29, 0.717) is 6.54 Å². The molecule has 0 saturated carbocycles. The molecule has 5 nitrogen and oxygen atoms in total. The van der Waals surface area contributed by atoms with Crippen molar-refractivity contribution >= 4 is 11.8 Å². The molecule has 2 rings (SSSR count). The number of hydrogen-bond acceptors (Lipinski definition) is 3. The predicted octanol–water partition coefficient (Wildman–Crippen LogP) is 2.01. The van der Waals surface area contributed by atoms with Crippen LogP contribution in [-0.2, 0) is 22.7 Å². The van der Waals surface area contributed by atoms with Gasteiger partial charge in [-0.3, -0.25) is 9.59 Å². The summed E-state index contributed by atoms with van der Waals surface area (Å²) in [6, 6.07) is 7.91. The molecule has 0 aliphatic carbocycles. The highest BCUT2D eigenvalue weighted by Gasteiger charge is 2.38. The maximum absolute atomic E-state index is 12.5. The third kappa shape index (κ3) is 4.35. The highest BCUT2D eigenvalue weighted by atomic mass is 16.2. The van der Waals surface area contributed by atoms with E-state index in [4.69, 9.17) is 0 Å². The summed E-state index contributed by atoms with van der Waals surface area (Å²) in [5.41, 5.74) is 2.29. The Balaban J connectivity index is 2.23. The van der Waals surface area contributed by atoms with E-state index >= 15 is 0 Å². The van der Waals surface area contributed by atoms with Gasteiger partial charge in [0.1, 0.15) is 6.04 Å². The summed E-state index contributed by atoms with van der Waals surface area (Å²) < 4.78 is 0. The number of piperazine rings is 1. The van der Waals surface area contributed by atoms with Crippen molar-refractivity contribution in [2.45, 2.75) is 45.8 Å². The number of carbonyl (C=O) groups excluding carboxylic acids is 2. The van der Waals surface area contributed by atoms with Crippen LogP contribution in [0.15, 0.2) is 24.3 Å². The minimum absolute atomic E-state index is 0.00418. The third-order valence-corrected chi connectivity index (χ3v) is 4.68. The summed E-state index contributed by atoms with van der Waals surface area (Å²) in [6.45, 7) is 5.62. The number of rotatable bonds is 7. The average molecular weight is 331 g/mol. The van der Waals surface area contributed by atoms with Crippen molar-refractivity contribution < 1.29 is 9.59 Å². The number of amides is 2. The van der Waals surface area contributed by atoms with Crippen LogP contribution in [0.25, 0.3) is 0 Å². The van der Waals surface area contributed by atoms with Crippen LogP contribution in [0.4, 0.5) is 0 Å². The molecule has 0 bridgehead atoms. The predicted molar refractivity (Wildman–Crippen MR) is 95.3 cm³/mol. The molecule has 0 spiro atoms. The molecule has 1 aliphatic rings. The lowest BCUT2D eigenvalue weighted by Gasteiger charge is -2.39. The molecule has 1 N–H and O–H groups in total. The summed E-state index contributed by atoms with van der Waals surface area (Å²) in [7, 11) is 4.07. The summed E-state index contributed by atoms with van der Waals surface area (Å²) in [5.74, 6) is 0.177. The maximum Gasteiger partial charge on any atom is 0.243 e. The summed E-state index contributed by atoms with van der Waals surface area (Å²) in [6.07, 6.45) is 1.78. The van der Waals surface area contributed by atoms with Crippen LogP contribution in [0.5, 0.6) is 0 Å². The van der Waals surface area contributed by atoms with Crippen molar-refractivity contribution in [3.05, 3.63) is 35.4 Å². The van der Waals surface area contributed by atoms with E-state index < -0.39 is 0 Å². The SMILES string of the molecule is CCC(CC)C1C(=O)NCC(=O)N1Cc1cccc(CN(C)C)c1. The van der Waals surface area contributed by atoms with Gasteiger partial charge in [-0.05, 0) is 31.1 Å². The number of carbonyl (C=O) groups is 2. The second kappa shape index (κ2) is 8.29. The number of hydrogen-bond donors (Lipinski definition) is 1. The Morgan fingerprint density at radius 2 is 1.88 bits per heavy atom. The Kier molecular flexibility index (Phi) is 6.37. The Morgan fingerprint density at radius 1 is 1.21 bits per heavy atom. The summed E-state index contributed by atoms with van der Waals surface area (Å²) in [4.78, 5) is 28.7. The topological polar surface area (TPSA) is 52.7 Å². The van der Waals surface area contributed by atoms with Gasteiger partial charge < -0.3 is 15.1 Å². The van der Waals surface area contributed by atoms with Crippen molar-refractivity contribution in [1.29, 1.82) is 0 Å². The highest BCUT2D eigenvalue weighted by Crippen LogP contribution is 2.23. The fourth-order valence-corrected chi connectivity index (χ4v) is 3.44. The Labute approximate surface area is 145 Å². The summed E-state index contributed by atoms with van der Waals surface area (Å²) >= 11 is 0. The van der Waals surface area contributed by atoms with Gasteiger partial charge >= 0.3 is 0 Å². The van der Waals surface area contributed by atoms with Gasteiger partial charge in [0.25, 0.3) is 0 Å². The second-order valence-corrected chi connectivity index (χ2v) is 6.82. The fraction of sp³-hybridized carbons (Fsp3) is 0.579. The normalized spacial score (nSPS) is 18.4. The largest absolute Gasteiger partial charge is 0.345 e. The molecule has 1 aromatic carbocycles. The molecule has 1 atom stereocenters. The molecule has 24 heavy (non-hydrogen) atoms. The maximum atomic E-state index is 12.5. The van der Waals surface area contributed by atoms with Crippen LogP contribution >= 0.6 is 0 Å². The number of benzene rings is 1. The molecule has 5 heteroatoms. The molecule has 2 amide bonds. The highest BCUT2D eigenvalue weighted by molar-refractivity contribution is 5.95. The van der Waals surface area contributed by atoms with E-state index in [1.807, 2.05) is 26.2 Å². The smallest absolute Gasteiger partial charge is 0.243 e. The van der Waals surface area contributed by atoms with Crippen LogP contribution in [0, 0.1) is 5.92 Å². The molecule has 1 unspecified atom stereocenters. The lowest BCUT2D eigenvalue weighted by Crippen LogP contribution is -2.60. The van der Waals surface area contributed by atoms with Gasteiger partial charge in [0, 0.05) is 13.1 Å². The zero-order valence-corrected chi connectivity index (χ0v) is 15.2. The standard InChI is InChI=1S/C19H29N3O2/c1-5-16(6-2)18-19(24)20-11-17(23)22(18)13-15-9-7-8-14(10-15)12-21(3)4/h7-10,16,18H,5-6,11-13H2,1-4H3,(H,20,24). The van der Waals surface area contributed by atoms with Gasteiger partial charge in [0.05, 0.1) is 6.54 Å². The van der Waals surface area contributed by atoms with E-state index in [9.17, 15) is 9.59 Å². The van der Waals surface area contributed by atoms with Crippen LogP contribution in [0.2, 0.25) is 0 Å². The molecule has 0 aromatic heterocycles. The first-order valence-electron chi connectivity index (χ1n) is 8.76. The van der Waals surface area contributed by atoms with Gasteiger partial charge in [0.15, 0.2) is 0 Å². The van der Waals surface area contributed by atoms with Crippen molar-refractivity contribution in [2.75, 3.05) is 20.6 Å². The lowest BCUT2D eigenvalue weighted by molar-refractivity contribution is -0.148. The molecule has 1 aromatic rings. The van der Waals surface area contributed by atoms with Crippen molar-refractivity contribution in [3.8, 4) is 0 Å². The van der Waals surface area contributed by atoms with Gasteiger partial charge in [-0.15, -0.1) is 0 Å². The first kappa shape index (κ1) is 18.5. The van der Waals surface area contributed by atoms with Crippen LogP contribution in [0.1, 0.15) is 37.8 Å². The lowest BCUT2D eigenvalue weighted by atomic mass is 9.90. The number of nitrogens with zero attached hydrogens (tertiary/aromatic N) is 2. The number of nitrogens with one attached hydrogen (secondary N) is 1. The van der Waals surface area contributed by atoms with E-state index in [0.717, 1.165) is 24.9 Å². The van der Waals surface area contributed by atoms with E-state index in [1.54, 1.807) is 4.90 Å². The minimum Gasteiger partial charge on any atom is -0.345 e. The van der Waals surface area contributed by atoms with Crippen molar-refractivity contribution in [2.24, 2.45) is 5.92 Å². The molecule has 1 aliphatic heterocycles. The van der Waals surface area contributed by atoms with Crippen LogP contribution in [0.3, 0.4) is 0 Å². The second-order valence-electron chi connectivity index (χ2n) is 6.82. The first-order chi connectivity index (χ1) is 11.5. The average Bonchev–Trinajstić information content (AvgIpc) is 2.54. The summed E-state index contributed by atoms with van der Waals surface area (Å²) in [5, 5.41) is 2.75. The molecule has 0 radical (unpaired) electrons. The van der Waals surface area contributed by atoms with Gasteiger partial charge in [0.2, 0.25) is 11.8 Å². The molecule has 1 fully saturated rings. The van der Waals surface area contributed by atoms with Crippen LogP contribution < -0.4 is 5.32 Å². The molecular weight excluding hydrogens is 302 g/mol. The Hall–Kier alpha value is -1.88. The molecular formula is C19H29N3O2. The fourth-order valence-electron chi connectivity index (χ4n) is 3.44.